The van der Waals surface area contributed by atoms with Gasteiger partial charge in [0.25, 0.3) is 0 Å². The fourth-order valence-corrected chi connectivity index (χ4v) is 2.09. The topological polar surface area (TPSA) is 21.3 Å². The van der Waals surface area contributed by atoms with E-state index in [0.717, 1.165) is 12.2 Å². The van der Waals surface area contributed by atoms with E-state index in [-0.39, 0.29) is 0 Å². The third-order valence-electron chi connectivity index (χ3n) is 3.32. The second kappa shape index (κ2) is 6.65. The first-order valence-corrected chi connectivity index (χ1v) is 6.48. The zero-order chi connectivity index (χ0) is 12.8. The Bertz CT molecular complexity index is 318. The van der Waals surface area contributed by atoms with Crippen molar-refractivity contribution in [1.82, 2.24) is 5.32 Å². The lowest BCUT2D eigenvalue weighted by atomic mass is 9.99. The molecule has 0 aliphatic rings. The van der Waals surface area contributed by atoms with E-state index in [4.69, 9.17) is 4.74 Å². The van der Waals surface area contributed by atoms with Gasteiger partial charge in [0, 0.05) is 12.1 Å². The first-order chi connectivity index (χ1) is 8.08. The molecule has 1 unspecified atom stereocenters. The first kappa shape index (κ1) is 14.0. The van der Waals surface area contributed by atoms with E-state index in [1.165, 1.54) is 5.56 Å². The van der Waals surface area contributed by atoms with Gasteiger partial charge in [-0.1, -0.05) is 32.9 Å². The van der Waals surface area contributed by atoms with Crippen molar-refractivity contribution in [3.63, 3.8) is 0 Å². The van der Waals surface area contributed by atoms with E-state index in [0.29, 0.717) is 18.0 Å². The van der Waals surface area contributed by atoms with E-state index in [2.05, 4.69) is 45.1 Å². The summed E-state index contributed by atoms with van der Waals surface area (Å²) in [7, 11) is 1.70. The van der Waals surface area contributed by atoms with Gasteiger partial charge in [0.15, 0.2) is 0 Å². The standard InChI is InChI=1S/C15H25NO/c1-6-15(11(2)3)16-12(4)13-7-9-14(17-5)10-8-13/h7-12,15-16H,6H2,1-5H3/t12-,15?/m0/s1. The third kappa shape index (κ3) is 4.04. The predicted molar refractivity (Wildman–Crippen MR) is 73.5 cm³/mol. The lowest BCUT2D eigenvalue weighted by molar-refractivity contribution is 0.355. The monoisotopic (exact) mass is 235 g/mol. The molecule has 0 bridgehead atoms. The molecule has 0 fully saturated rings. The maximum atomic E-state index is 5.17. The van der Waals surface area contributed by atoms with Crippen LogP contribution >= 0.6 is 0 Å². The van der Waals surface area contributed by atoms with Crippen LogP contribution in [0.5, 0.6) is 5.75 Å². The zero-order valence-electron chi connectivity index (χ0n) is 11.7. The number of hydrogen-bond acceptors (Lipinski definition) is 2. The number of hydrogen-bond donors (Lipinski definition) is 1. The number of nitrogens with one attached hydrogen (secondary N) is 1. The van der Waals surface area contributed by atoms with Gasteiger partial charge in [0.2, 0.25) is 0 Å². The molecule has 0 amide bonds. The van der Waals surface area contributed by atoms with Crippen LogP contribution in [0.2, 0.25) is 0 Å². The molecule has 2 nitrogen and oxygen atoms in total. The quantitative estimate of drug-likeness (QED) is 0.810. The van der Waals surface area contributed by atoms with Crippen LogP contribution in [0.25, 0.3) is 0 Å². The highest BCUT2D eigenvalue weighted by molar-refractivity contribution is 5.28. The van der Waals surface area contributed by atoms with Crippen LogP contribution in [0.15, 0.2) is 24.3 Å². The van der Waals surface area contributed by atoms with Crippen molar-refractivity contribution in [2.75, 3.05) is 7.11 Å². The smallest absolute Gasteiger partial charge is 0.118 e. The molecular weight excluding hydrogens is 210 g/mol. The van der Waals surface area contributed by atoms with Crippen LogP contribution in [0, 0.1) is 5.92 Å². The molecule has 2 atom stereocenters. The SMILES string of the molecule is CCC(N[C@@H](C)c1ccc(OC)cc1)C(C)C. The average molecular weight is 235 g/mol. The van der Waals surface area contributed by atoms with Crippen molar-refractivity contribution in [3.8, 4) is 5.75 Å². The van der Waals surface area contributed by atoms with E-state index in [1.807, 2.05) is 12.1 Å². The summed E-state index contributed by atoms with van der Waals surface area (Å²) >= 11 is 0. The Morgan fingerprint density at radius 3 is 2.12 bits per heavy atom. The zero-order valence-corrected chi connectivity index (χ0v) is 11.7. The van der Waals surface area contributed by atoms with E-state index >= 15 is 0 Å². The summed E-state index contributed by atoms with van der Waals surface area (Å²) in [4.78, 5) is 0. The van der Waals surface area contributed by atoms with Crippen LogP contribution in [0.4, 0.5) is 0 Å². The van der Waals surface area contributed by atoms with E-state index < -0.39 is 0 Å². The molecule has 0 saturated heterocycles. The van der Waals surface area contributed by atoms with Gasteiger partial charge in [0.1, 0.15) is 5.75 Å². The summed E-state index contributed by atoms with van der Waals surface area (Å²) < 4.78 is 5.17. The van der Waals surface area contributed by atoms with Crippen molar-refractivity contribution >= 4 is 0 Å². The highest BCUT2D eigenvalue weighted by atomic mass is 16.5. The molecule has 0 heterocycles. The molecule has 0 spiro atoms. The number of rotatable bonds is 6. The normalized spacial score (nSPS) is 14.7. The van der Waals surface area contributed by atoms with Crippen LogP contribution < -0.4 is 10.1 Å². The van der Waals surface area contributed by atoms with Gasteiger partial charge in [0.05, 0.1) is 7.11 Å². The van der Waals surface area contributed by atoms with Gasteiger partial charge >= 0.3 is 0 Å². The molecule has 2 heteroatoms. The summed E-state index contributed by atoms with van der Waals surface area (Å²) in [6.07, 6.45) is 1.16. The molecule has 17 heavy (non-hydrogen) atoms. The molecule has 0 radical (unpaired) electrons. The van der Waals surface area contributed by atoms with Gasteiger partial charge < -0.3 is 10.1 Å². The van der Waals surface area contributed by atoms with Gasteiger partial charge in [-0.05, 0) is 37.0 Å². The summed E-state index contributed by atoms with van der Waals surface area (Å²) in [5.74, 6) is 1.58. The van der Waals surface area contributed by atoms with Gasteiger partial charge in [-0.15, -0.1) is 0 Å². The Morgan fingerprint density at radius 2 is 1.71 bits per heavy atom. The second-order valence-corrected chi connectivity index (χ2v) is 4.92. The van der Waals surface area contributed by atoms with Gasteiger partial charge in [-0.25, -0.2) is 0 Å². The Balaban J connectivity index is 2.65. The summed E-state index contributed by atoms with van der Waals surface area (Å²) in [6.45, 7) is 8.98. The molecule has 1 aromatic rings. The minimum absolute atomic E-state index is 0.383. The molecule has 1 N–H and O–H groups in total. The van der Waals surface area contributed by atoms with Crippen molar-refractivity contribution < 1.29 is 4.74 Å². The Morgan fingerprint density at radius 1 is 1.12 bits per heavy atom. The van der Waals surface area contributed by atoms with Gasteiger partial charge in [-0.3, -0.25) is 0 Å². The second-order valence-electron chi connectivity index (χ2n) is 4.92. The fraction of sp³-hybridized carbons (Fsp3) is 0.600. The van der Waals surface area contributed by atoms with E-state index in [1.54, 1.807) is 7.11 Å². The first-order valence-electron chi connectivity index (χ1n) is 6.48. The summed E-state index contributed by atoms with van der Waals surface area (Å²) in [5, 5.41) is 3.68. The van der Waals surface area contributed by atoms with Crippen molar-refractivity contribution in [2.45, 2.75) is 46.2 Å². The summed E-state index contributed by atoms with van der Waals surface area (Å²) in [6, 6.07) is 9.25. The van der Waals surface area contributed by atoms with Crippen molar-refractivity contribution in [2.24, 2.45) is 5.92 Å². The van der Waals surface area contributed by atoms with Crippen LogP contribution in [0.3, 0.4) is 0 Å². The van der Waals surface area contributed by atoms with Gasteiger partial charge in [-0.2, -0.15) is 0 Å². The molecule has 0 saturated carbocycles. The fourth-order valence-electron chi connectivity index (χ4n) is 2.09. The number of methoxy groups -OCH3 is 1. The molecule has 96 valence electrons. The lowest BCUT2D eigenvalue weighted by Gasteiger charge is -2.25. The Kier molecular flexibility index (Phi) is 5.49. The lowest BCUT2D eigenvalue weighted by Crippen LogP contribution is -2.35. The Hall–Kier alpha value is -1.02. The Labute approximate surface area is 105 Å². The largest absolute Gasteiger partial charge is 0.497 e. The highest BCUT2D eigenvalue weighted by Crippen LogP contribution is 2.19. The third-order valence-corrected chi connectivity index (χ3v) is 3.32. The molecule has 0 aliphatic carbocycles. The number of benzene rings is 1. The predicted octanol–water partition coefficient (Wildman–Crippen LogP) is 3.78. The molecular formula is C15H25NO. The van der Waals surface area contributed by atoms with Crippen molar-refractivity contribution in [1.29, 1.82) is 0 Å². The minimum Gasteiger partial charge on any atom is -0.497 e. The highest BCUT2D eigenvalue weighted by Gasteiger charge is 2.14. The molecule has 0 aromatic heterocycles. The van der Waals surface area contributed by atoms with Crippen LogP contribution in [-0.4, -0.2) is 13.2 Å². The number of ether oxygens (including phenoxy) is 1. The molecule has 1 rings (SSSR count). The molecule has 0 aliphatic heterocycles. The van der Waals surface area contributed by atoms with E-state index in [9.17, 15) is 0 Å². The maximum Gasteiger partial charge on any atom is 0.118 e. The minimum atomic E-state index is 0.383. The van der Waals surface area contributed by atoms with Crippen molar-refractivity contribution in [3.05, 3.63) is 29.8 Å². The van der Waals surface area contributed by atoms with Crippen LogP contribution in [-0.2, 0) is 0 Å². The average Bonchev–Trinajstić information content (AvgIpc) is 2.35. The van der Waals surface area contributed by atoms with Crippen LogP contribution in [0.1, 0.15) is 45.7 Å². The molecule has 1 aromatic carbocycles. The maximum absolute atomic E-state index is 5.17. The summed E-state index contributed by atoms with van der Waals surface area (Å²) in [5.41, 5.74) is 1.31.